The standard InChI is InChI=1S/C20H28N6O2/c1-5-28-17-8-6-7-15(24-17)11-22-16-9-10-26(12-16)19-13(2)14(3)23-18(25-19)20(27)21-4/h6-8,16,22H,5,9-12H2,1-4H3,(H,21,27)/t16-/m1/s1. The number of ether oxygens (including phenoxy) is 1. The predicted molar refractivity (Wildman–Crippen MR) is 108 cm³/mol. The number of amides is 1. The Balaban J connectivity index is 1.65. The summed E-state index contributed by atoms with van der Waals surface area (Å²) < 4.78 is 5.46. The highest BCUT2D eigenvalue weighted by Gasteiger charge is 2.26. The third-order valence-corrected chi connectivity index (χ3v) is 4.93. The van der Waals surface area contributed by atoms with Crippen LogP contribution in [0.5, 0.6) is 5.88 Å². The number of carbonyl (C=O) groups excluding carboxylic acids is 1. The second kappa shape index (κ2) is 8.97. The number of hydrogen-bond acceptors (Lipinski definition) is 7. The van der Waals surface area contributed by atoms with E-state index in [9.17, 15) is 4.79 Å². The van der Waals surface area contributed by atoms with Crippen molar-refractivity contribution in [3.05, 3.63) is 41.0 Å². The molecule has 28 heavy (non-hydrogen) atoms. The lowest BCUT2D eigenvalue weighted by atomic mass is 10.2. The van der Waals surface area contributed by atoms with E-state index in [1.807, 2.05) is 39.0 Å². The molecule has 1 saturated heterocycles. The number of nitrogens with one attached hydrogen (secondary N) is 2. The molecular weight excluding hydrogens is 356 g/mol. The third kappa shape index (κ3) is 4.56. The summed E-state index contributed by atoms with van der Waals surface area (Å²) in [6.07, 6.45) is 1.00. The van der Waals surface area contributed by atoms with Crippen LogP contribution >= 0.6 is 0 Å². The van der Waals surface area contributed by atoms with Gasteiger partial charge in [-0.2, -0.15) is 0 Å². The Morgan fingerprint density at radius 3 is 2.86 bits per heavy atom. The molecular formula is C20H28N6O2. The van der Waals surface area contributed by atoms with Crippen LogP contribution in [-0.4, -0.2) is 53.6 Å². The Kier molecular flexibility index (Phi) is 6.41. The van der Waals surface area contributed by atoms with Crippen LogP contribution in [-0.2, 0) is 6.54 Å². The molecule has 3 heterocycles. The van der Waals surface area contributed by atoms with E-state index >= 15 is 0 Å². The minimum absolute atomic E-state index is 0.217. The van der Waals surface area contributed by atoms with Crippen molar-refractivity contribution in [2.75, 3.05) is 31.6 Å². The lowest BCUT2D eigenvalue weighted by molar-refractivity contribution is 0.0952. The van der Waals surface area contributed by atoms with Crippen molar-refractivity contribution in [2.24, 2.45) is 0 Å². The molecule has 2 aromatic heterocycles. The summed E-state index contributed by atoms with van der Waals surface area (Å²) in [7, 11) is 1.59. The van der Waals surface area contributed by atoms with E-state index in [4.69, 9.17) is 4.74 Å². The molecule has 1 atom stereocenters. The van der Waals surface area contributed by atoms with Gasteiger partial charge in [0, 0.05) is 50.0 Å². The van der Waals surface area contributed by atoms with Crippen molar-refractivity contribution in [3.8, 4) is 5.88 Å². The van der Waals surface area contributed by atoms with Gasteiger partial charge in [0.2, 0.25) is 11.7 Å². The van der Waals surface area contributed by atoms with Gasteiger partial charge in [0.05, 0.1) is 12.3 Å². The highest BCUT2D eigenvalue weighted by Crippen LogP contribution is 2.24. The topological polar surface area (TPSA) is 92.3 Å². The second-order valence-corrected chi connectivity index (χ2v) is 6.87. The SMILES string of the molecule is CCOc1cccc(CN[C@@H]2CCN(c3nc(C(=O)NC)nc(C)c3C)C2)n1. The van der Waals surface area contributed by atoms with Crippen molar-refractivity contribution < 1.29 is 9.53 Å². The van der Waals surface area contributed by atoms with Crippen LogP contribution in [0.2, 0.25) is 0 Å². The van der Waals surface area contributed by atoms with E-state index < -0.39 is 0 Å². The molecule has 8 heteroatoms. The van der Waals surface area contributed by atoms with Gasteiger partial charge in [0.15, 0.2) is 0 Å². The summed E-state index contributed by atoms with van der Waals surface area (Å²) in [5.74, 6) is 1.45. The predicted octanol–water partition coefficient (Wildman–Crippen LogP) is 1.62. The molecule has 0 aliphatic carbocycles. The number of nitrogens with zero attached hydrogens (tertiary/aromatic N) is 4. The monoisotopic (exact) mass is 384 g/mol. The number of aryl methyl sites for hydroxylation is 1. The summed E-state index contributed by atoms with van der Waals surface area (Å²) in [5, 5.41) is 6.16. The van der Waals surface area contributed by atoms with Crippen molar-refractivity contribution in [2.45, 2.75) is 39.8 Å². The summed E-state index contributed by atoms with van der Waals surface area (Å²) in [6.45, 7) is 8.87. The first-order valence-electron chi connectivity index (χ1n) is 9.66. The normalized spacial score (nSPS) is 16.3. The van der Waals surface area contributed by atoms with E-state index in [1.54, 1.807) is 7.05 Å². The van der Waals surface area contributed by atoms with E-state index in [0.717, 1.165) is 42.3 Å². The van der Waals surface area contributed by atoms with Gasteiger partial charge in [-0.3, -0.25) is 4.79 Å². The molecule has 8 nitrogen and oxygen atoms in total. The lowest BCUT2D eigenvalue weighted by Gasteiger charge is -2.21. The van der Waals surface area contributed by atoms with Crippen molar-refractivity contribution in [1.29, 1.82) is 0 Å². The third-order valence-electron chi connectivity index (χ3n) is 4.93. The van der Waals surface area contributed by atoms with Crippen LogP contribution in [0.25, 0.3) is 0 Å². The zero-order chi connectivity index (χ0) is 20.1. The first-order valence-corrected chi connectivity index (χ1v) is 9.66. The summed E-state index contributed by atoms with van der Waals surface area (Å²) >= 11 is 0. The number of carbonyl (C=O) groups is 1. The van der Waals surface area contributed by atoms with Gasteiger partial charge in [0.1, 0.15) is 5.82 Å². The molecule has 0 saturated carbocycles. The van der Waals surface area contributed by atoms with E-state index in [2.05, 4.69) is 30.5 Å². The summed E-state index contributed by atoms with van der Waals surface area (Å²) in [4.78, 5) is 27.5. The van der Waals surface area contributed by atoms with Gasteiger partial charge in [-0.05, 0) is 33.3 Å². The van der Waals surface area contributed by atoms with Crippen LogP contribution in [0.3, 0.4) is 0 Å². The molecule has 0 spiro atoms. The molecule has 0 bridgehead atoms. The van der Waals surface area contributed by atoms with Gasteiger partial charge in [-0.1, -0.05) is 6.07 Å². The number of aromatic nitrogens is 3. The number of pyridine rings is 1. The Morgan fingerprint density at radius 2 is 2.11 bits per heavy atom. The Hall–Kier alpha value is -2.74. The molecule has 2 N–H and O–H groups in total. The minimum Gasteiger partial charge on any atom is -0.478 e. The molecule has 3 rings (SSSR count). The Morgan fingerprint density at radius 1 is 1.29 bits per heavy atom. The number of rotatable bonds is 7. The molecule has 1 aliphatic rings. The maximum absolute atomic E-state index is 12.0. The Labute approximate surface area is 165 Å². The molecule has 0 aromatic carbocycles. The molecule has 150 valence electrons. The fourth-order valence-corrected chi connectivity index (χ4v) is 3.29. The van der Waals surface area contributed by atoms with Crippen molar-refractivity contribution in [3.63, 3.8) is 0 Å². The molecule has 2 aromatic rings. The molecule has 1 amide bonds. The van der Waals surface area contributed by atoms with E-state index in [1.165, 1.54) is 0 Å². The first kappa shape index (κ1) is 20.0. The highest BCUT2D eigenvalue weighted by molar-refractivity contribution is 5.90. The fourth-order valence-electron chi connectivity index (χ4n) is 3.29. The number of hydrogen-bond donors (Lipinski definition) is 2. The average Bonchev–Trinajstić information content (AvgIpc) is 3.17. The minimum atomic E-state index is -0.265. The summed E-state index contributed by atoms with van der Waals surface area (Å²) in [6, 6.07) is 6.16. The van der Waals surface area contributed by atoms with Crippen molar-refractivity contribution >= 4 is 11.7 Å². The van der Waals surface area contributed by atoms with Gasteiger partial charge < -0.3 is 20.3 Å². The zero-order valence-corrected chi connectivity index (χ0v) is 17.0. The maximum atomic E-state index is 12.0. The fraction of sp³-hybridized carbons (Fsp3) is 0.500. The molecule has 1 fully saturated rings. The van der Waals surface area contributed by atoms with Crippen LogP contribution in [0, 0.1) is 13.8 Å². The summed E-state index contributed by atoms with van der Waals surface area (Å²) in [5.41, 5.74) is 2.80. The van der Waals surface area contributed by atoms with E-state index in [-0.39, 0.29) is 11.7 Å². The quantitative estimate of drug-likeness (QED) is 0.749. The maximum Gasteiger partial charge on any atom is 0.288 e. The molecule has 0 unspecified atom stereocenters. The van der Waals surface area contributed by atoms with Crippen molar-refractivity contribution in [1.82, 2.24) is 25.6 Å². The van der Waals surface area contributed by atoms with Gasteiger partial charge in [-0.25, -0.2) is 15.0 Å². The van der Waals surface area contributed by atoms with Gasteiger partial charge in [-0.15, -0.1) is 0 Å². The van der Waals surface area contributed by atoms with Crippen LogP contribution in [0.15, 0.2) is 18.2 Å². The van der Waals surface area contributed by atoms with Crippen LogP contribution in [0.4, 0.5) is 5.82 Å². The number of anilines is 1. The zero-order valence-electron chi connectivity index (χ0n) is 17.0. The van der Waals surface area contributed by atoms with Crippen LogP contribution in [0.1, 0.15) is 40.9 Å². The Bertz CT molecular complexity index is 841. The van der Waals surface area contributed by atoms with E-state index in [0.29, 0.717) is 25.1 Å². The first-order chi connectivity index (χ1) is 13.5. The highest BCUT2D eigenvalue weighted by atomic mass is 16.5. The second-order valence-electron chi connectivity index (χ2n) is 6.87. The van der Waals surface area contributed by atoms with Gasteiger partial charge in [0.25, 0.3) is 5.91 Å². The molecule has 0 radical (unpaired) electrons. The smallest absolute Gasteiger partial charge is 0.288 e. The van der Waals surface area contributed by atoms with Gasteiger partial charge >= 0.3 is 0 Å². The van der Waals surface area contributed by atoms with Crippen LogP contribution < -0.4 is 20.3 Å². The average molecular weight is 384 g/mol. The largest absolute Gasteiger partial charge is 0.478 e. The molecule has 1 aliphatic heterocycles. The lowest BCUT2D eigenvalue weighted by Crippen LogP contribution is -2.33.